The zero-order valence-electron chi connectivity index (χ0n) is 17.0. The first kappa shape index (κ1) is 22.6. The van der Waals surface area contributed by atoms with E-state index >= 15 is 0 Å². The predicted octanol–water partition coefficient (Wildman–Crippen LogP) is 2.18. The Kier molecular flexibility index (Phi) is 9.73. The minimum atomic E-state index is -3.48. The Labute approximate surface area is 169 Å². The van der Waals surface area contributed by atoms with Crippen LogP contribution in [0.5, 0.6) is 0 Å². The molecule has 1 saturated carbocycles. The maximum atomic E-state index is 12.2. The molecule has 1 aliphatic rings. The van der Waals surface area contributed by atoms with Gasteiger partial charge in [-0.05, 0) is 38.3 Å². The lowest BCUT2D eigenvalue weighted by atomic mass is 9.98. The van der Waals surface area contributed by atoms with Crippen molar-refractivity contribution in [2.24, 2.45) is 4.99 Å². The number of hydrogen-bond donors (Lipinski definition) is 3. The fraction of sp³-hybridized carbons (Fsp3) is 0.650. The van der Waals surface area contributed by atoms with E-state index in [4.69, 9.17) is 4.74 Å². The van der Waals surface area contributed by atoms with E-state index in [-0.39, 0.29) is 11.4 Å². The molecule has 0 bridgehead atoms. The van der Waals surface area contributed by atoms with Gasteiger partial charge in [-0.3, -0.25) is 4.99 Å². The van der Waals surface area contributed by atoms with Crippen LogP contribution in [0.4, 0.5) is 0 Å². The van der Waals surface area contributed by atoms with Gasteiger partial charge in [-0.1, -0.05) is 37.0 Å². The number of sulfonamides is 1. The molecule has 0 radical (unpaired) electrons. The Hall–Kier alpha value is -1.64. The second-order valence-electron chi connectivity index (χ2n) is 7.12. The number of nitrogens with one attached hydrogen (secondary N) is 3. The Morgan fingerprint density at radius 3 is 2.43 bits per heavy atom. The van der Waals surface area contributed by atoms with Crippen LogP contribution in [0.3, 0.4) is 0 Å². The number of rotatable bonds is 10. The van der Waals surface area contributed by atoms with Crippen LogP contribution in [-0.2, 0) is 14.8 Å². The highest BCUT2D eigenvalue weighted by Crippen LogP contribution is 2.20. The first-order valence-electron chi connectivity index (χ1n) is 10.1. The highest BCUT2D eigenvalue weighted by molar-refractivity contribution is 7.89. The average molecular weight is 411 g/mol. The molecule has 0 amide bonds. The van der Waals surface area contributed by atoms with E-state index in [2.05, 4.69) is 20.3 Å². The molecule has 3 N–H and O–H groups in total. The van der Waals surface area contributed by atoms with Gasteiger partial charge in [0.15, 0.2) is 5.96 Å². The molecule has 8 heteroatoms. The summed E-state index contributed by atoms with van der Waals surface area (Å²) in [5, 5.41) is 6.34. The third kappa shape index (κ3) is 8.16. The van der Waals surface area contributed by atoms with Gasteiger partial charge in [-0.15, -0.1) is 0 Å². The van der Waals surface area contributed by atoms with Crippen molar-refractivity contribution in [2.45, 2.75) is 56.4 Å². The van der Waals surface area contributed by atoms with Crippen LogP contribution in [0.25, 0.3) is 0 Å². The van der Waals surface area contributed by atoms with Gasteiger partial charge in [0.2, 0.25) is 10.0 Å². The van der Waals surface area contributed by atoms with Crippen LogP contribution in [0.15, 0.2) is 34.2 Å². The Bertz CT molecular complexity index is 699. The summed E-state index contributed by atoms with van der Waals surface area (Å²) in [6.45, 7) is 4.17. The van der Waals surface area contributed by atoms with Gasteiger partial charge in [0.05, 0.1) is 11.0 Å². The summed E-state index contributed by atoms with van der Waals surface area (Å²) in [5.74, 6) is 0.659. The lowest BCUT2D eigenvalue weighted by molar-refractivity contribution is 0.0277. The maximum Gasteiger partial charge on any atom is 0.240 e. The molecule has 1 aromatic carbocycles. The van der Waals surface area contributed by atoms with Crippen LogP contribution in [0.2, 0.25) is 0 Å². The zero-order valence-corrected chi connectivity index (χ0v) is 17.9. The summed E-state index contributed by atoms with van der Waals surface area (Å²) >= 11 is 0. The number of aryl methyl sites for hydroxylation is 1. The van der Waals surface area contributed by atoms with Crippen molar-refractivity contribution < 1.29 is 13.2 Å². The van der Waals surface area contributed by atoms with Gasteiger partial charge < -0.3 is 15.4 Å². The van der Waals surface area contributed by atoms with E-state index in [9.17, 15) is 8.42 Å². The molecule has 2 rings (SSSR count). The van der Waals surface area contributed by atoms with E-state index < -0.39 is 10.0 Å². The SMILES string of the molecule is CN=C(NCCCOC1CCCCC1)NCCNS(=O)(=O)c1ccc(C)cc1. The molecule has 1 fully saturated rings. The lowest BCUT2D eigenvalue weighted by Gasteiger charge is -2.22. The summed E-state index contributed by atoms with van der Waals surface area (Å²) in [6.07, 6.45) is 7.64. The minimum absolute atomic E-state index is 0.276. The second-order valence-corrected chi connectivity index (χ2v) is 8.89. The molecule has 28 heavy (non-hydrogen) atoms. The molecular formula is C20H34N4O3S. The van der Waals surface area contributed by atoms with Gasteiger partial charge in [0.25, 0.3) is 0 Å². The summed E-state index contributed by atoms with van der Waals surface area (Å²) in [6, 6.07) is 6.80. The van der Waals surface area contributed by atoms with Gasteiger partial charge in [-0.25, -0.2) is 13.1 Å². The Morgan fingerprint density at radius 1 is 1.07 bits per heavy atom. The number of hydrogen-bond acceptors (Lipinski definition) is 4. The lowest BCUT2D eigenvalue weighted by Crippen LogP contribution is -2.42. The largest absolute Gasteiger partial charge is 0.378 e. The third-order valence-electron chi connectivity index (χ3n) is 4.78. The van der Waals surface area contributed by atoms with Gasteiger partial charge >= 0.3 is 0 Å². The molecule has 1 aromatic rings. The summed E-state index contributed by atoms with van der Waals surface area (Å²) in [4.78, 5) is 4.43. The van der Waals surface area contributed by atoms with Gasteiger partial charge in [0.1, 0.15) is 0 Å². The monoisotopic (exact) mass is 410 g/mol. The predicted molar refractivity (Wildman–Crippen MR) is 113 cm³/mol. The van der Waals surface area contributed by atoms with Crippen molar-refractivity contribution in [1.29, 1.82) is 0 Å². The Morgan fingerprint density at radius 2 is 1.75 bits per heavy atom. The first-order chi connectivity index (χ1) is 13.5. The molecule has 0 aromatic heterocycles. The smallest absolute Gasteiger partial charge is 0.240 e. The quantitative estimate of drug-likeness (QED) is 0.312. The maximum absolute atomic E-state index is 12.2. The number of benzene rings is 1. The van der Waals surface area contributed by atoms with Crippen LogP contribution >= 0.6 is 0 Å². The first-order valence-corrected chi connectivity index (χ1v) is 11.6. The van der Waals surface area contributed by atoms with Crippen molar-refractivity contribution >= 4 is 16.0 Å². The molecular weight excluding hydrogens is 376 g/mol. The van der Waals surface area contributed by atoms with E-state index in [1.165, 1.54) is 32.1 Å². The summed E-state index contributed by atoms with van der Waals surface area (Å²) in [7, 11) is -1.78. The normalized spacial score (nSPS) is 16.1. The molecule has 0 spiro atoms. The minimum Gasteiger partial charge on any atom is -0.378 e. The standard InChI is InChI=1S/C20H34N4O3S/c1-17-9-11-19(12-10-17)28(25,26)24-15-14-23-20(21-2)22-13-6-16-27-18-7-4-3-5-8-18/h9-12,18,24H,3-8,13-16H2,1-2H3,(H2,21,22,23). The average Bonchev–Trinajstić information content (AvgIpc) is 2.70. The van der Waals surface area contributed by atoms with E-state index in [0.29, 0.717) is 18.6 Å². The topological polar surface area (TPSA) is 91.8 Å². The highest BCUT2D eigenvalue weighted by Gasteiger charge is 2.13. The molecule has 1 aliphatic carbocycles. The summed E-state index contributed by atoms with van der Waals surface area (Å²) < 4.78 is 33.0. The molecule has 0 heterocycles. The second kappa shape index (κ2) is 12.0. The van der Waals surface area contributed by atoms with Crippen LogP contribution in [0.1, 0.15) is 44.1 Å². The molecule has 0 atom stereocenters. The third-order valence-corrected chi connectivity index (χ3v) is 6.26. The number of ether oxygens (including phenoxy) is 1. The molecule has 158 valence electrons. The van der Waals surface area contributed by atoms with Crippen molar-refractivity contribution in [3.05, 3.63) is 29.8 Å². The molecule has 0 unspecified atom stereocenters. The fourth-order valence-electron chi connectivity index (χ4n) is 3.15. The van der Waals surface area contributed by atoms with E-state index in [1.807, 2.05) is 6.92 Å². The molecule has 0 saturated heterocycles. The zero-order chi connectivity index (χ0) is 20.2. The Balaban J connectivity index is 1.58. The van der Waals surface area contributed by atoms with Crippen molar-refractivity contribution in [1.82, 2.24) is 15.4 Å². The van der Waals surface area contributed by atoms with Gasteiger partial charge in [0, 0.05) is 33.3 Å². The summed E-state index contributed by atoms with van der Waals surface area (Å²) in [5.41, 5.74) is 1.03. The highest BCUT2D eigenvalue weighted by atomic mass is 32.2. The van der Waals surface area contributed by atoms with E-state index in [1.54, 1.807) is 31.3 Å². The number of aliphatic imine (C=N–C) groups is 1. The van der Waals surface area contributed by atoms with Gasteiger partial charge in [-0.2, -0.15) is 0 Å². The van der Waals surface area contributed by atoms with E-state index in [0.717, 1.165) is 25.1 Å². The van der Waals surface area contributed by atoms with Crippen molar-refractivity contribution in [3.63, 3.8) is 0 Å². The van der Waals surface area contributed by atoms with Crippen LogP contribution < -0.4 is 15.4 Å². The molecule has 0 aliphatic heterocycles. The van der Waals surface area contributed by atoms with Crippen molar-refractivity contribution in [2.75, 3.05) is 33.3 Å². The van der Waals surface area contributed by atoms with Crippen LogP contribution in [0, 0.1) is 6.92 Å². The fourth-order valence-corrected chi connectivity index (χ4v) is 4.18. The number of guanidine groups is 1. The van der Waals surface area contributed by atoms with Crippen LogP contribution in [-0.4, -0.2) is 53.8 Å². The number of nitrogens with zero attached hydrogens (tertiary/aromatic N) is 1. The van der Waals surface area contributed by atoms with Crippen molar-refractivity contribution in [3.8, 4) is 0 Å². The molecule has 7 nitrogen and oxygen atoms in total.